The molecule has 150 valence electrons. The van der Waals surface area contributed by atoms with Crippen molar-refractivity contribution in [3.05, 3.63) is 16.0 Å². The van der Waals surface area contributed by atoms with E-state index in [1.165, 1.54) is 49.0 Å². The van der Waals surface area contributed by atoms with Crippen LogP contribution in [-0.4, -0.2) is 29.9 Å². The Bertz CT molecular complexity index is 800. The van der Waals surface area contributed by atoms with Gasteiger partial charge in [0.2, 0.25) is 5.91 Å². The normalized spacial score (nSPS) is 35.6. The molecule has 1 aromatic heterocycles. The van der Waals surface area contributed by atoms with Crippen LogP contribution in [0.4, 0.5) is 5.00 Å². The number of nitrogens with zero attached hydrogens (tertiary/aromatic N) is 2. The van der Waals surface area contributed by atoms with Gasteiger partial charge >= 0.3 is 0 Å². The first-order valence-corrected chi connectivity index (χ1v) is 11.8. The van der Waals surface area contributed by atoms with Crippen LogP contribution in [0.2, 0.25) is 0 Å². The highest BCUT2D eigenvalue weighted by Gasteiger charge is 2.52. The number of amides is 1. The van der Waals surface area contributed by atoms with Crippen molar-refractivity contribution in [2.45, 2.75) is 70.3 Å². The number of carbonyl (C=O) groups is 1. The zero-order valence-electron chi connectivity index (χ0n) is 17.1. The number of hydrogen-bond donors (Lipinski definition) is 1. The largest absolute Gasteiger partial charge is 0.315 e. The van der Waals surface area contributed by atoms with E-state index >= 15 is 0 Å². The van der Waals surface area contributed by atoms with Gasteiger partial charge in [-0.3, -0.25) is 9.69 Å². The molecule has 28 heavy (non-hydrogen) atoms. The highest BCUT2D eigenvalue weighted by Crippen LogP contribution is 2.57. The summed E-state index contributed by atoms with van der Waals surface area (Å²) in [6, 6.07) is 2.37. The van der Waals surface area contributed by atoms with Crippen molar-refractivity contribution in [1.82, 2.24) is 4.90 Å². The zero-order chi connectivity index (χ0) is 19.5. The highest BCUT2D eigenvalue weighted by atomic mass is 32.1. The van der Waals surface area contributed by atoms with Gasteiger partial charge in [0.25, 0.3) is 0 Å². The third-order valence-corrected chi connectivity index (χ3v) is 9.24. The predicted molar refractivity (Wildman–Crippen MR) is 112 cm³/mol. The Morgan fingerprint density at radius 2 is 1.89 bits per heavy atom. The number of nitrogens with one attached hydrogen (secondary N) is 1. The lowest BCUT2D eigenvalue weighted by atomic mass is 9.52. The highest BCUT2D eigenvalue weighted by molar-refractivity contribution is 7.16. The van der Waals surface area contributed by atoms with E-state index in [-0.39, 0.29) is 11.4 Å². The fourth-order valence-corrected chi connectivity index (χ4v) is 8.42. The van der Waals surface area contributed by atoms with Crippen LogP contribution in [0.15, 0.2) is 0 Å². The second kappa shape index (κ2) is 6.85. The summed E-state index contributed by atoms with van der Waals surface area (Å²) < 4.78 is 0. The lowest BCUT2D eigenvalue weighted by Crippen LogP contribution is -2.59. The van der Waals surface area contributed by atoms with Crippen molar-refractivity contribution >= 4 is 22.2 Å². The zero-order valence-corrected chi connectivity index (χ0v) is 17.9. The molecule has 1 N–H and O–H groups in total. The van der Waals surface area contributed by atoms with E-state index in [1.807, 2.05) is 0 Å². The SMILES string of the molecule is CC1CCc2c(sc(NC(=O)CN(C)C34CC5CC(CC(C5)C3)C4)c2C#N)C1. The second-order valence-corrected chi connectivity index (χ2v) is 11.3. The molecule has 5 aliphatic carbocycles. The number of thiophene rings is 1. The van der Waals surface area contributed by atoms with Crippen LogP contribution in [-0.2, 0) is 17.6 Å². The molecule has 4 fully saturated rings. The number of hydrogen-bond acceptors (Lipinski definition) is 4. The minimum atomic E-state index is 0.0430. The Balaban J connectivity index is 1.29. The number of fused-ring (bicyclic) bond motifs is 1. The molecule has 0 aromatic carbocycles. The van der Waals surface area contributed by atoms with Gasteiger partial charge in [-0.25, -0.2) is 0 Å². The maximum Gasteiger partial charge on any atom is 0.239 e. The van der Waals surface area contributed by atoms with E-state index in [2.05, 4.69) is 30.3 Å². The summed E-state index contributed by atoms with van der Waals surface area (Å²) in [5, 5.41) is 13.6. The molecule has 4 nitrogen and oxygen atoms in total. The van der Waals surface area contributed by atoms with Gasteiger partial charge in [-0.2, -0.15) is 5.26 Å². The molecule has 1 atom stereocenters. The van der Waals surface area contributed by atoms with E-state index in [0.717, 1.165) is 47.6 Å². The molecule has 0 spiro atoms. The van der Waals surface area contributed by atoms with Gasteiger partial charge < -0.3 is 5.32 Å². The summed E-state index contributed by atoms with van der Waals surface area (Å²) in [5.74, 6) is 3.36. The summed E-state index contributed by atoms with van der Waals surface area (Å²) in [5.41, 5.74) is 2.15. The standard InChI is InChI=1S/C23H31N3OS/c1-14-3-4-18-19(12-24)22(28-20(18)5-14)25-21(27)13-26(2)23-9-15-6-16(10-23)8-17(7-15)11-23/h14-17H,3-11,13H2,1-2H3,(H,25,27). The van der Waals surface area contributed by atoms with Gasteiger partial charge in [0.15, 0.2) is 0 Å². The lowest BCUT2D eigenvalue weighted by molar-refractivity contribution is -0.123. The van der Waals surface area contributed by atoms with Gasteiger partial charge in [0, 0.05) is 10.4 Å². The third kappa shape index (κ3) is 3.09. The van der Waals surface area contributed by atoms with Gasteiger partial charge in [-0.15, -0.1) is 11.3 Å². The number of likely N-dealkylation sites (N-methyl/N-ethyl adjacent to an activating group) is 1. The maximum absolute atomic E-state index is 12.9. The second-order valence-electron chi connectivity index (χ2n) is 10.2. The van der Waals surface area contributed by atoms with Gasteiger partial charge in [0.05, 0.1) is 12.1 Å². The van der Waals surface area contributed by atoms with Gasteiger partial charge in [0.1, 0.15) is 11.1 Å². The van der Waals surface area contributed by atoms with Crippen molar-refractivity contribution < 1.29 is 4.79 Å². The van der Waals surface area contributed by atoms with Crippen LogP contribution < -0.4 is 5.32 Å². The minimum Gasteiger partial charge on any atom is -0.315 e. The Morgan fingerprint density at radius 3 is 2.50 bits per heavy atom. The fraction of sp³-hybridized carbons (Fsp3) is 0.739. The van der Waals surface area contributed by atoms with E-state index in [9.17, 15) is 10.1 Å². The predicted octanol–water partition coefficient (Wildman–Crippen LogP) is 4.58. The molecular weight excluding hydrogens is 366 g/mol. The molecule has 4 bridgehead atoms. The summed E-state index contributed by atoms with van der Waals surface area (Å²) >= 11 is 1.63. The molecule has 5 heteroatoms. The molecule has 1 unspecified atom stereocenters. The van der Waals surface area contributed by atoms with Crippen molar-refractivity contribution in [3.63, 3.8) is 0 Å². The molecule has 4 saturated carbocycles. The quantitative estimate of drug-likeness (QED) is 0.809. The molecule has 0 saturated heterocycles. The maximum atomic E-state index is 12.9. The molecule has 1 heterocycles. The van der Waals surface area contributed by atoms with Crippen molar-refractivity contribution in [1.29, 1.82) is 5.26 Å². The first-order valence-electron chi connectivity index (χ1n) is 11.0. The molecular formula is C23H31N3OS. The molecule has 5 aliphatic rings. The molecule has 0 aliphatic heterocycles. The molecule has 1 aromatic rings. The Morgan fingerprint density at radius 1 is 1.25 bits per heavy atom. The van der Waals surface area contributed by atoms with E-state index in [0.29, 0.717) is 12.5 Å². The first kappa shape index (κ1) is 18.6. The fourth-order valence-electron chi connectivity index (χ4n) is 7.04. The number of rotatable bonds is 4. The minimum absolute atomic E-state index is 0.0430. The smallest absolute Gasteiger partial charge is 0.239 e. The Labute approximate surface area is 172 Å². The van der Waals surface area contributed by atoms with Crippen LogP contribution in [0.25, 0.3) is 0 Å². The lowest BCUT2D eigenvalue weighted by Gasteiger charge is -2.59. The van der Waals surface area contributed by atoms with Gasteiger partial charge in [-0.1, -0.05) is 6.92 Å². The summed E-state index contributed by atoms with van der Waals surface area (Å²) in [6.45, 7) is 2.71. The van der Waals surface area contributed by atoms with Crippen LogP contribution in [0, 0.1) is 35.0 Å². The molecule has 0 radical (unpaired) electrons. The topological polar surface area (TPSA) is 56.1 Å². The van der Waals surface area contributed by atoms with Crippen LogP contribution in [0.5, 0.6) is 0 Å². The third-order valence-electron chi connectivity index (χ3n) is 8.07. The Hall–Kier alpha value is -1.38. The Kier molecular flexibility index (Phi) is 4.56. The number of anilines is 1. The summed E-state index contributed by atoms with van der Waals surface area (Å²) in [7, 11) is 2.15. The molecule has 1 amide bonds. The molecule has 6 rings (SSSR count). The van der Waals surface area contributed by atoms with Crippen LogP contribution in [0.1, 0.15) is 67.9 Å². The van der Waals surface area contributed by atoms with Crippen LogP contribution >= 0.6 is 11.3 Å². The average molecular weight is 398 g/mol. The average Bonchev–Trinajstić information content (AvgIpc) is 2.96. The number of nitriles is 1. The van der Waals surface area contributed by atoms with Crippen molar-refractivity contribution in [2.75, 3.05) is 18.9 Å². The number of carbonyl (C=O) groups excluding carboxylic acids is 1. The van der Waals surface area contributed by atoms with Crippen LogP contribution in [0.3, 0.4) is 0 Å². The van der Waals surface area contributed by atoms with E-state index < -0.39 is 0 Å². The van der Waals surface area contributed by atoms with Gasteiger partial charge in [-0.05, 0) is 94.1 Å². The summed E-state index contributed by atoms with van der Waals surface area (Å²) in [6.07, 6.45) is 11.2. The van der Waals surface area contributed by atoms with Crippen molar-refractivity contribution in [2.24, 2.45) is 23.7 Å². The van der Waals surface area contributed by atoms with Crippen molar-refractivity contribution in [3.8, 4) is 6.07 Å². The summed E-state index contributed by atoms with van der Waals surface area (Å²) in [4.78, 5) is 16.6. The van der Waals surface area contributed by atoms with E-state index in [4.69, 9.17) is 0 Å². The first-order chi connectivity index (χ1) is 13.5. The van der Waals surface area contributed by atoms with E-state index in [1.54, 1.807) is 11.3 Å². The monoisotopic (exact) mass is 397 g/mol.